The minimum absolute atomic E-state index is 0.196. The van der Waals surface area contributed by atoms with Crippen molar-refractivity contribution in [3.63, 3.8) is 0 Å². The maximum atomic E-state index is 12.0. The van der Waals surface area contributed by atoms with Gasteiger partial charge in [-0.05, 0) is 17.5 Å². The molecule has 4 nitrogen and oxygen atoms in total. The molecule has 0 spiro atoms. The van der Waals surface area contributed by atoms with Crippen LogP contribution >= 0.6 is 0 Å². The number of carbonyl (C=O) groups is 1. The molecule has 0 fully saturated rings. The van der Waals surface area contributed by atoms with Crippen molar-refractivity contribution < 1.29 is 14.3 Å². The Labute approximate surface area is 107 Å². The summed E-state index contributed by atoms with van der Waals surface area (Å²) in [5.74, 6) is -0.196. The van der Waals surface area contributed by atoms with Gasteiger partial charge in [0.1, 0.15) is 6.04 Å². The maximum Gasteiger partial charge on any atom is 0.327 e. The summed E-state index contributed by atoms with van der Waals surface area (Å²) < 4.78 is 10.2. The van der Waals surface area contributed by atoms with Crippen molar-refractivity contribution in [3.05, 3.63) is 35.4 Å². The van der Waals surface area contributed by atoms with Crippen molar-refractivity contribution in [2.45, 2.75) is 18.9 Å². The Morgan fingerprint density at radius 1 is 1.39 bits per heavy atom. The van der Waals surface area contributed by atoms with Gasteiger partial charge in [0.05, 0.1) is 6.61 Å². The monoisotopic (exact) mass is 249 g/mol. The lowest BCUT2D eigenvalue weighted by molar-refractivity contribution is -0.146. The molecule has 1 atom stereocenters. The molecular formula is C14H19NO3. The summed E-state index contributed by atoms with van der Waals surface area (Å²) in [7, 11) is 1.64. The van der Waals surface area contributed by atoms with Gasteiger partial charge in [-0.2, -0.15) is 0 Å². The van der Waals surface area contributed by atoms with Crippen LogP contribution in [0.4, 0.5) is 0 Å². The molecule has 1 aromatic rings. The van der Waals surface area contributed by atoms with Crippen molar-refractivity contribution in [2.24, 2.45) is 0 Å². The van der Waals surface area contributed by atoms with Gasteiger partial charge >= 0.3 is 5.97 Å². The molecule has 1 aromatic carbocycles. The fraction of sp³-hybridized carbons (Fsp3) is 0.500. The number of nitrogens with one attached hydrogen (secondary N) is 1. The summed E-state index contributed by atoms with van der Waals surface area (Å²) in [5.41, 5.74) is 2.27. The molecule has 0 aromatic heterocycles. The van der Waals surface area contributed by atoms with Crippen LogP contribution in [-0.4, -0.2) is 32.8 Å². The summed E-state index contributed by atoms with van der Waals surface area (Å²) in [4.78, 5) is 12.0. The van der Waals surface area contributed by atoms with Crippen LogP contribution in [0.3, 0.4) is 0 Å². The smallest absolute Gasteiger partial charge is 0.327 e. The minimum Gasteiger partial charge on any atom is -0.464 e. The molecule has 98 valence electrons. The molecular weight excluding hydrogens is 230 g/mol. The van der Waals surface area contributed by atoms with E-state index in [1.807, 2.05) is 18.2 Å². The van der Waals surface area contributed by atoms with Crippen molar-refractivity contribution in [2.75, 3.05) is 26.9 Å². The first-order valence-electron chi connectivity index (χ1n) is 6.29. The lowest BCUT2D eigenvalue weighted by atomic mass is 9.94. The highest BCUT2D eigenvalue weighted by atomic mass is 16.5. The Morgan fingerprint density at radius 2 is 2.22 bits per heavy atom. The molecule has 0 radical (unpaired) electrons. The molecule has 0 bridgehead atoms. The molecule has 4 heteroatoms. The number of rotatable bonds is 5. The second-order valence-corrected chi connectivity index (χ2v) is 4.35. The number of carbonyl (C=O) groups excluding carboxylic acids is 1. The second kappa shape index (κ2) is 6.52. The molecule has 0 saturated carbocycles. The molecule has 1 N–H and O–H groups in total. The first-order chi connectivity index (χ1) is 8.83. The summed E-state index contributed by atoms with van der Waals surface area (Å²) in [6, 6.07) is 7.70. The number of ether oxygens (including phenoxy) is 2. The predicted molar refractivity (Wildman–Crippen MR) is 68.3 cm³/mol. The largest absolute Gasteiger partial charge is 0.464 e. The van der Waals surface area contributed by atoms with Gasteiger partial charge in [-0.15, -0.1) is 0 Å². The standard InChI is InChI=1S/C14H19NO3/c1-17-9-4-10-18-14(16)13-12-6-3-2-5-11(12)7-8-15-13/h2-3,5-6,13,15H,4,7-10H2,1H3. The third-order valence-corrected chi connectivity index (χ3v) is 3.08. The van der Waals surface area contributed by atoms with Gasteiger partial charge in [0, 0.05) is 26.7 Å². The average molecular weight is 249 g/mol. The Hall–Kier alpha value is -1.39. The topological polar surface area (TPSA) is 47.6 Å². The van der Waals surface area contributed by atoms with Crippen molar-refractivity contribution in [1.29, 1.82) is 0 Å². The van der Waals surface area contributed by atoms with Crippen LogP contribution in [0.1, 0.15) is 23.6 Å². The summed E-state index contributed by atoms with van der Waals surface area (Å²) in [5, 5.41) is 3.21. The lowest BCUT2D eigenvalue weighted by Crippen LogP contribution is -2.36. The van der Waals surface area contributed by atoms with Crippen LogP contribution in [0.25, 0.3) is 0 Å². The highest BCUT2D eigenvalue weighted by Crippen LogP contribution is 2.23. The van der Waals surface area contributed by atoms with Crippen LogP contribution in [0.5, 0.6) is 0 Å². The summed E-state index contributed by atoms with van der Waals surface area (Å²) >= 11 is 0. The molecule has 1 aliphatic rings. The Balaban J connectivity index is 1.95. The quantitative estimate of drug-likeness (QED) is 0.634. The van der Waals surface area contributed by atoms with E-state index in [-0.39, 0.29) is 12.0 Å². The van der Waals surface area contributed by atoms with E-state index in [4.69, 9.17) is 9.47 Å². The molecule has 0 saturated heterocycles. The van der Waals surface area contributed by atoms with E-state index in [0.717, 1.165) is 24.9 Å². The van der Waals surface area contributed by atoms with Crippen molar-refractivity contribution in [3.8, 4) is 0 Å². The Kier molecular flexibility index (Phi) is 4.73. The first-order valence-corrected chi connectivity index (χ1v) is 6.29. The van der Waals surface area contributed by atoms with E-state index in [2.05, 4.69) is 11.4 Å². The van der Waals surface area contributed by atoms with Crippen LogP contribution in [0.2, 0.25) is 0 Å². The van der Waals surface area contributed by atoms with Crippen LogP contribution in [0.15, 0.2) is 24.3 Å². The second-order valence-electron chi connectivity index (χ2n) is 4.35. The predicted octanol–water partition coefficient (Wildman–Crippen LogP) is 1.45. The third kappa shape index (κ3) is 3.09. The fourth-order valence-corrected chi connectivity index (χ4v) is 2.17. The zero-order chi connectivity index (χ0) is 12.8. The van der Waals surface area contributed by atoms with Crippen LogP contribution in [0, 0.1) is 0 Å². The van der Waals surface area contributed by atoms with Gasteiger partial charge < -0.3 is 14.8 Å². The molecule has 1 heterocycles. The van der Waals surface area contributed by atoms with Crippen molar-refractivity contribution >= 4 is 5.97 Å². The number of hydrogen-bond acceptors (Lipinski definition) is 4. The molecule has 0 aliphatic carbocycles. The van der Waals surface area contributed by atoms with E-state index in [0.29, 0.717) is 13.2 Å². The SMILES string of the molecule is COCCCOC(=O)C1NCCc2ccccc21. The third-order valence-electron chi connectivity index (χ3n) is 3.08. The first kappa shape index (κ1) is 13.1. The van der Waals surface area contributed by atoms with Crippen LogP contribution < -0.4 is 5.32 Å². The van der Waals surface area contributed by atoms with E-state index < -0.39 is 0 Å². The summed E-state index contributed by atoms with van der Waals surface area (Å²) in [6.45, 7) is 1.84. The zero-order valence-electron chi connectivity index (χ0n) is 10.6. The lowest BCUT2D eigenvalue weighted by Gasteiger charge is -2.25. The van der Waals surface area contributed by atoms with E-state index in [9.17, 15) is 4.79 Å². The van der Waals surface area contributed by atoms with Gasteiger partial charge in [-0.25, -0.2) is 4.79 Å². The van der Waals surface area contributed by atoms with Gasteiger partial charge in [0.2, 0.25) is 0 Å². The van der Waals surface area contributed by atoms with Gasteiger partial charge in [0.15, 0.2) is 0 Å². The normalized spacial score (nSPS) is 18.2. The molecule has 18 heavy (non-hydrogen) atoms. The van der Waals surface area contributed by atoms with Crippen LogP contribution in [-0.2, 0) is 20.7 Å². The number of hydrogen-bond donors (Lipinski definition) is 1. The fourth-order valence-electron chi connectivity index (χ4n) is 2.17. The minimum atomic E-state index is -0.322. The molecule has 0 amide bonds. The number of methoxy groups -OCH3 is 1. The zero-order valence-corrected chi connectivity index (χ0v) is 10.6. The van der Waals surface area contributed by atoms with Gasteiger partial charge in [0.25, 0.3) is 0 Å². The molecule has 2 rings (SSSR count). The summed E-state index contributed by atoms with van der Waals surface area (Å²) in [6.07, 6.45) is 1.69. The average Bonchev–Trinajstić information content (AvgIpc) is 2.43. The number of benzene rings is 1. The highest BCUT2D eigenvalue weighted by Gasteiger charge is 2.26. The molecule has 1 unspecified atom stereocenters. The Morgan fingerprint density at radius 3 is 3.06 bits per heavy atom. The van der Waals surface area contributed by atoms with Gasteiger partial charge in [-0.3, -0.25) is 0 Å². The van der Waals surface area contributed by atoms with E-state index >= 15 is 0 Å². The highest BCUT2D eigenvalue weighted by molar-refractivity contribution is 5.78. The number of fused-ring (bicyclic) bond motifs is 1. The number of esters is 1. The maximum absolute atomic E-state index is 12.0. The van der Waals surface area contributed by atoms with E-state index in [1.165, 1.54) is 5.56 Å². The van der Waals surface area contributed by atoms with E-state index in [1.54, 1.807) is 7.11 Å². The van der Waals surface area contributed by atoms with Crippen molar-refractivity contribution in [1.82, 2.24) is 5.32 Å². The van der Waals surface area contributed by atoms with Gasteiger partial charge in [-0.1, -0.05) is 24.3 Å². The molecule has 1 aliphatic heterocycles. The Bertz CT molecular complexity index is 406.